The molecule has 1 aromatic rings. The van der Waals surface area contributed by atoms with E-state index in [0.717, 1.165) is 12.8 Å². The number of carbonyl (C=O) groups excluding carboxylic acids is 1. The number of aliphatic carboxylic acids is 1. The highest BCUT2D eigenvalue weighted by molar-refractivity contribution is 5.82. The van der Waals surface area contributed by atoms with Gasteiger partial charge in [-0.1, -0.05) is 13.3 Å². The number of nitrogens with one attached hydrogen (secondary N) is 1. The Morgan fingerprint density at radius 2 is 2.33 bits per heavy atom. The van der Waals surface area contributed by atoms with Crippen LogP contribution in [0.3, 0.4) is 0 Å². The minimum atomic E-state index is -0.878. The maximum atomic E-state index is 12.0. The average Bonchev–Trinajstić information content (AvgIpc) is 3.08. The molecule has 21 heavy (non-hydrogen) atoms. The van der Waals surface area contributed by atoms with E-state index < -0.39 is 11.5 Å². The Kier molecular flexibility index (Phi) is 5.01. The fourth-order valence-electron chi connectivity index (χ4n) is 3.04. The van der Waals surface area contributed by atoms with Gasteiger partial charge < -0.3 is 14.8 Å². The molecule has 0 aromatic carbocycles. The second-order valence-corrected chi connectivity index (χ2v) is 5.47. The first-order valence-corrected chi connectivity index (χ1v) is 7.36. The topological polar surface area (TPSA) is 82.8 Å². The number of carbonyl (C=O) groups is 2. The smallest absolute Gasteiger partial charge is 0.324 e. The van der Waals surface area contributed by atoms with Gasteiger partial charge >= 0.3 is 5.97 Å². The summed E-state index contributed by atoms with van der Waals surface area (Å²) in [7, 11) is 0. The lowest BCUT2D eigenvalue weighted by Crippen LogP contribution is -2.53. The lowest BCUT2D eigenvalue weighted by molar-refractivity contribution is -0.151. The van der Waals surface area contributed by atoms with E-state index in [4.69, 9.17) is 4.42 Å². The number of likely N-dealkylation sites (tertiary alicyclic amines) is 1. The molecule has 1 fully saturated rings. The number of furan rings is 1. The Hall–Kier alpha value is -1.82. The summed E-state index contributed by atoms with van der Waals surface area (Å²) < 4.78 is 5.15. The molecule has 0 spiro atoms. The minimum Gasteiger partial charge on any atom is -0.480 e. The summed E-state index contributed by atoms with van der Waals surface area (Å²) in [6.07, 6.45) is 4.35. The zero-order valence-electron chi connectivity index (χ0n) is 12.3. The largest absolute Gasteiger partial charge is 0.480 e. The van der Waals surface area contributed by atoms with Crippen LogP contribution in [0.2, 0.25) is 0 Å². The van der Waals surface area contributed by atoms with Crippen molar-refractivity contribution >= 4 is 11.9 Å². The van der Waals surface area contributed by atoms with Crippen molar-refractivity contribution in [1.82, 2.24) is 10.2 Å². The highest BCUT2D eigenvalue weighted by Gasteiger charge is 2.47. The van der Waals surface area contributed by atoms with Crippen LogP contribution in [0.25, 0.3) is 0 Å². The van der Waals surface area contributed by atoms with Crippen LogP contribution in [-0.2, 0) is 16.1 Å². The summed E-state index contributed by atoms with van der Waals surface area (Å²) in [4.78, 5) is 25.5. The third-order valence-electron chi connectivity index (χ3n) is 4.06. The second-order valence-electron chi connectivity index (χ2n) is 5.47. The van der Waals surface area contributed by atoms with Gasteiger partial charge in [0.15, 0.2) is 0 Å². The molecule has 1 atom stereocenters. The van der Waals surface area contributed by atoms with Crippen molar-refractivity contribution in [2.24, 2.45) is 0 Å². The van der Waals surface area contributed by atoms with E-state index in [-0.39, 0.29) is 12.5 Å². The third kappa shape index (κ3) is 3.44. The Balaban J connectivity index is 1.93. The zero-order chi connectivity index (χ0) is 15.3. The molecule has 1 aliphatic rings. The Morgan fingerprint density at radius 3 is 2.95 bits per heavy atom. The van der Waals surface area contributed by atoms with E-state index in [1.165, 1.54) is 0 Å². The standard InChI is InChI=1S/C15H22N2O4/c1-2-6-15(14(19)20)7-4-8-17(15)11-13(18)16-10-12-5-3-9-21-12/h3,5,9H,2,4,6-8,10-11H2,1H3,(H,16,18)(H,19,20). The van der Waals surface area contributed by atoms with Gasteiger partial charge in [-0.15, -0.1) is 0 Å². The Morgan fingerprint density at radius 1 is 1.52 bits per heavy atom. The molecule has 1 aromatic heterocycles. The van der Waals surface area contributed by atoms with Gasteiger partial charge in [0.25, 0.3) is 0 Å². The van der Waals surface area contributed by atoms with E-state index >= 15 is 0 Å². The fraction of sp³-hybridized carbons (Fsp3) is 0.600. The van der Waals surface area contributed by atoms with Crippen LogP contribution < -0.4 is 5.32 Å². The summed E-state index contributed by atoms with van der Waals surface area (Å²) >= 11 is 0. The van der Waals surface area contributed by atoms with Crippen molar-refractivity contribution < 1.29 is 19.1 Å². The molecule has 0 aliphatic carbocycles. The van der Waals surface area contributed by atoms with Crippen molar-refractivity contribution in [3.63, 3.8) is 0 Å². The predicted molar refractivity (Wildman–Crippen MR) is 76.6 cm³/mol. The highest BCUT2D eigenvalue weighted by atomic mass is 16.4. The second kappa shape index (κ2) is 6.76. The van der Waals surface area contributed by atoms with E-state index in [9.17, 15) is 14.7 Å². The first kappa shape index (κ1) is 15.6. The summed E-state index contributed by atoms with van der Waals surface area (Å²) in [5.41, 5.74) is -0.878. The van der Waals surface area contributed by atoms with Crippen LogP contribution in [-0.4, -0.2) is 40.5 Å². The number of hydrogen-bond donors (Lipinski definition) is 2. The highest BCUT2D eigenvalue weighted by Crippen LogP contribution is 2.33. The first-order chi connectivity index (χ1) is 10.1. The number of carboxylic acid groups (broad SMARTS) is 1. The van der Waals surface area contributed by atoms with Gasteiger partial charge in [-0.05, 0) is 37.9 Å². The van der Waals surface area contributed by atoms with E-state index in [1.807, 2.05) is 6.92 Å². The van der Waals surface area contributed by atoms with Gasteiger partial charge in [0.05, 0.1) is 19.4 Å². The molecule has 0 saturated carbocycles. The molecule has 1 saturated heterocycles. The minimum absolute atomic E-state index is 0.118. The quantitative estimate of drug-likeness (QED) is 0.798. The molecule has 2 rings (SSSR count). The number of amides is 1. The molecule has 1 amide bonds. The molecule has 6 heteroatoms. The van der Waals surface area contributed by atoms with Crippen molar-refractivity contribution in [3.8, 4) is 0 Å². The predicted octanol–water partition coefficient (Wildman–Crippen LogP) is 1.62. The summed E-state index contributed by atoms with van der Waals surface area (Å²) in [5.74, 6) is -0.307. The lowest BCUT2D eigenvalue weighted by Gasteiger charge is -2.34. The summed E-state index contributed by atoms with van der Waals surface area (Å²) in [6.45, 7) is 3.07. The molecule has 1 unspecified atom stereocenters. The molecule has 2 N–H and O–H groups in total. The van der Waals surface area contributed by atoms with Crippen LogP contribution >= 0.6 is 0 Å². The maximum Gasteiger partial charge on any atom is 0.324 e. The first-order valence-electron chi connectivity index (χ1n) is 7.36. The number of nitrogens with zero attached hydrogens (tertiary/aromatic N) is 1. The van der Waals surface area contributed by atoms with Crippen molar-refractivity contribution in [1.29, 1.82) is 0 Å². The SMILES string of the molecule is CCCC1(C(=O)O)CCCN1CC(=O)NCc1ccco1. The summed E-state index contributed by atoms with van der Waals surface area (Å²) in [5, 5.41) is 12.3. The normalized spacial score (nSPS) is 22.3. The lowest BCUT2D eigenvalue weighted by atomic mass is 9.90. The number of rotatable bonds is 7. The monoisotopic (exact) mass is 294 g/mol. The van der Waals surface area contributed by atoms with Gasteiger partial charge in [0.1, 0.15) is 11.3 Å². The molecule has 116 valence electrons. The van der Waals surface area contributed by atoms with Crippen molar-refractivity contribution in [2.45, 2.75) is 44.7 Å². The number of hydrogen-bond acceptors (Lipinski definition) is 4. The third-order valence-corrected chi connectivity index (χ3v) is 4.06. The Labute approximate surface area is 124 Å². The van der Waals surface area contributed by atoms with Crippen molar-refractivity contribution in [3.05, 3.63) is 24.2 Å². The van der Waals surface area contributed by atoms with Gasteiger partial charge in [0.2, 0.25) is 5.91 Å². The summed E-state index contributed by atoms with van der Waals surface area (Å²) in [6, 6.07) is 3.55. The van der Waals surface area contributed by atoms with Crippen LogP contribution in [0.1, 0.15) is 38.4 Å². The fourth-order valence-corrected chi connectivity index (χ4v) is 3.04. The zero-order valence-corrected chi connectivity index (χ0v) is 12.3. The Bertz CT molecular complexity index is 486. The van der Waals surface area contributed by atoms with Crippen molar-refractivity contribution in [2.75, 3.05) is 13.1 Å². The van der Waals surface area contributed by atoms with Gasteiger partial charge in [0, 0.05) is 0 Å². The number of carboxylic acids is 1. The average molecular weight is 294 g/mol. The molecule has 1 aliphatic heterocycles. The molecule has 0 radical (unpaired) electrons. The van der Waals surface area contributed by atoms with Crippen LogP contribution in [0.4, 0.5) is 0 Å². The molecular weight excluding hydrogens is 272 g/mol. The van der Waals surface area contributed by atoms with Crippen LogP contribution in [0.5, 0.6) is 0 Å². The van der Waals surface area contributed by atoms with Gasteiger partial charge in [-0.2, -0.15) is 0 Å². The molecule has 6 nitrogen and oxygen atoms in total. The van der Waals surface area contributed by atoms with Gasteiger partial charge in [-0.25, -0.2) is 0 Å². The maximum absolute atomic E-state index is 12.0. The van der Waals surface area contributed by atoms with E-state index in [2.05, 4.69) is 5.32 Å². The van der Waals surface area contributed by atoms with Crippen LogP contribution in [0, 0.1) is 0 Å². The molecule has 2 heterocycles. The van der Waals surface area contributed by atoms with Crippen LogP contribution in [0.15, 0.2) is 22.8 Å². The molecule has 0 bridgehead atoms. The van der Waals surface area contributed by atoms with E-state index in [0.29, 0.717) is 31.7 Å². The van der Waals surface area contributed by atoms with E-state index in [1.54, 1.807) is 23.3 Å². The van der Waals surface area contributed by atoms with Gasteiger partial charge in [-0.3, -0.25) is 14.5 Å². The molecular formula is C15H22N2O4.